The highest BCUT2D eigenvalue weighted by Crippen LogP contribution is 1.98. The van der Waals surface area contributed by atoms with Gasteiger partial charge in [0.1, 0.15) is 7.11 Å². The first-order valence-electron chi connectivity index (χ1n) is 2.70. The van der Waals surface area contributed by atoms with E-state index in [2.05, 4.69) is 9.94 Å². The molecule has 0 fully saturated rings. The van der Waals surface area contributed by atoms with Crippen LogP contribution < -0.4 is 10.5 Å². The molecule has 0 radical (unpaired) electrons. The van der Waals surface area contributed by atoms with Gasteiger partial charge >= 0.3 is 11.1 Å². The van der Waals surface area contributed by atoms with E-state index in [9.17, 15) is 9.59 Å². The third-order valence-corrected chi connectivity index (χ3v) is 1.44. The third-order valence-electron chi connectivity index (χ3n) is 1.05. The van der Waals surface area contributed by atoms with Crippen LogP contribution in [0.15, 0.2) is 4.79 Å². The average Bonchev–Trinajstić information content (AvgIpc) is 2.27. The summed E-state index contributed by atoms with van der Waals surface area (Å²) in [6.45, 7) is 0. The fraction of sp³-hybridized carbons (Fsp3) is 0.250. The summed E-state index contributed by atoms with van der Waals surface area (Å²) < 4.78 is 1.01. The molecule has 6 nitrogen and oxygen atoms in total. The largest absolute Gasteiger partial charge is 0.410 e. The smallest absolute Gasteiger partial charge is 0.388 e. The van der Waals surface area contributed by atoms with Crippen molar-refractivity contribution in [1.29, 1.82) is 0 Å². The van der Waals surface area contributed by atoms with Gasteiger partial charge in [-0.15, -0.1) is 9.78 Å². The van der Waals surface area contributed by atoms with Gasteiger partial charge in [-0.25, -0.2) is 4.79 Å². The lowest BCUT2D eigenvalue weighted by molar-refractivity contribution is 0.156. The van der Waals surface area contributed by atoms with Crippen molar-refractivity contribution >= 4 is 28.6 Å². The van der Waals surface area contributed by atoms with Gasteiger partial charge in [0.2, 0.25) is 0 Å². The zero-order valence-corrected chi connectivity index (χ0v) is 7.33. The van der Waals surface area contributed by atoms with E-state index in [1.807, 2.05) is 0 Å². The second-order valence-corrected chi connectivity index (χ2v) is 2.35. The van der Waals surface area contributed by atoms with Crippen LogP contribution in [0.4, 0.5) is 4.79 Å². The standard InChI is InChI=1S/C4H3Cl2N3O3/c1-12-9-2(5)7-8(3(6)10)4(9)11/h1H3. The van der Waals surface area contributed by atoms with E-state index in [1.54, 1.807) is 0 Å². The van der Waals surface area contributed by atoms with Crippen molar-refractivity contribution in [2.24, 2.45) is 0 Å². The Bertz CT molecular complexity index is 368. The Balaban J connectivity index is 3.37. The molecule has 1 rings (SSSR count). The maximum Gasteiger partial charge on any atom is 0.388 e. The van der Waals surface area contributed by atoms with E-state index in [4.69, 9.17) is 23.2 Å². The Morgan fingerprint density at radius 2 is 2.25 bits per heavy atom. The van der Waals surface area contributed by atoms with Gasteiger partial charge in [-0.05, 0) is 23.2 Å². The molecule has 0 aliphatic heterocycles. The molecule has 0 aliphatic rings. The topological polar surface area (TPSA) is 66.1 Å². The number of halogens is 2. The number of nitrogens with zero attached hydrogens (tertiary/aromatic N) is 3. The number of carbonyl (C=O) groups is 1. The summed E-state index contributed by atoms with van der Waals surface area (Å²) >= 11 is 10.4. The quantitative estimate of drug-likeness (QED) is 0.612. The fourth-order valence-electron chi connectivity index (χ4n) is 0.599. The molecule has 0 unspecified atom stereocenters. The molecular weight excluding hydrogens is 209 g/mol. The van der Waals surface area contributed by atoms with Gasteiger partial charge in [0.25, 0.3) is 5.28 Å². The molecule has 0 bridgehead atoms. The van der Waals surface area contributed by atoms with E-state index in [0.717, 1.165) is 0 Å². The Hall–Kier alpha value is -1.01. The van der Waals surface area contributed by atoms with Crippen molar-refractivity contribution in [3.05, 3.63) is 15.8 Å². The summed E-state index contributed by atoms with van der Waals surface area (Å²) in [6.07, 6.45) is 0. The first kappa shape index (κ1) is 9.08. The first-order chi connectivity index (χ1) is 5.57. The van der Waals surface area contributed by atoms with Crippen molar-refractivity contribution in [3.63, 3.8) is 0 Å². The predicted octanol–water partition coefficient (Wildman–Crippen LogP) is -0.0365. The fourth-order valence-corrected chi connectivity index (χ4v) is 0.926. The highest BCUT2D eigenvalue weighted by molar-refractivity contribution is 6.63. The highest BCUT2D eigenvalue weighted by atomic mass is 35.5. The first-order valence-corrected chi connectivity index (χ1v) is 3.45. The van der Waals surface area contributed by atoms with Crippen LogP contribution in [-0.4, -0.2) is 27.0 Å². The molecule has 12 heavy (non-hydrogen) atoms. The van der Waals surface area contributed by atoms with Gasteiger partial charge < -0.3 is 4.84 Å². The normalized spacial score (nSPS) is 9.92. The number of carbonyl (C=O) groups excluding carboxylic acids is 1. The van der Waals surface area contributed by atoms with Crippen molar-refractivity contribution in [2.75, 3.05) is 7.11 Å². The number of hydrogen-bond donors (Lipinski definition) is 0. The molecule has 0 spiro atoms. The highest BCUT2D eigenvalue weighted by Gasteiger charge is 2.15. The minimum absolute atomic E-state index is 0.267. The van der Waals surface area contributed by atoms with Crippen LogP contribution in [0.3, 0.4) is 0 Å². The maximum atomic E-state index is 11.0. The van der Waals surface area contributed by atoms with Crippen LogP contribution in [-0.2, 0) is 0 Å². The molecule has 1 heterocycles. The van der Waals surface area contributed by atoms with Crippen molar-refractivity contribution in [2.45, 2.75) is 0 Å². The van der Waals surface area contributed by atoms with Crippen LogP contribution in [0.2, 0.25) is 5.28 Å². The summed E-state index contributed by atoms with van der Waals surface area (Å²) in [7, 11) is 1.21. The van der Waals surface area contributed by atoms with Crippen LogP contribution >= 0.6 is 23.2 Å². The molecule has 66 valence electrons. The summed E-state index contributed by atoms with van der Waals surface area (Å²) in [5.74, 6) is 0. The zero-order valence-electron chi connectivity index (χ0n) is 5.82. The Morgan fingerprint density at radius 3 is 2.50 bits per heavy atom. The monoisotopic (exact) mass is 211 g/mol. The number of aromatic nitrogens is 3. The summed E-state index contributed by atoms with van der Waals surface area (Å²) in [4.78, 5) is 26.0. The molecule has 0 amide bonds. The minimum atomic E-state index is -1.04. The van der Waals surface area contributed by atoms with Crippen molar-refractivity contribution in [1.82, 2.24) is 14.5 Å². The van der Waals surface area contributed by atoms with Crippen LogP contribution in [0.1, 0.15) is 0 Å². The molecular formula is C4H3Cl2N3O3. The third kappa shape index (κ3) is 1.30. The zero-order chi connectivity index (χ0) is 9.30. The second-order valence-electron chi connectivity index (χ2n) is 1.69. The van der Waals surface area contributed by atoms with Crippen LogP contribution in [0.25, 0.3) is 0 Å². The van der Waals surface area contributed by atoms with Gasteiger partial charge in [0.05, 0.1) is 0 Å². The van der Waals surface area contributed by atoms with Crippen molar-refractivity contribution in [3.8, 4) is 0 Å². The van der Waals surface area contributed by atoms with E-state index in [0.29, 0.717) is 9.41 Å². The number of rotatable bonds is 1. The van der Waals surface area contributed by atoms with Gasteiger partial charge in [-0.3, -0.25) is 4.79 Å². The van der Waals surface area contributed by atoms with Gasteiger partial charge in [-0.1, -0.05) is 4.73 Å². The van der Waals surface area contributed by atoms with Gasteiger partial charge in [0, 0.05) is 0 Å². The van der Waals surface area contributed by atoms with Crippen LogP contribution in [0.5, 0.6) is 0 Å². The van der Waals surface area contributed by atoms with Gasteiger partial charge in [-0.2, -0.15) is 0 Å². The summed E-state index contributed by atoms with van der Waals surface area (Å²) in [5, 5.41) is 2.00. The molecule has 0 aliphatic carbocycles. The Kier molecular flexibility index (Phi) is 2.39. The molecule has 1 aromatic rings. The molecule has 0 aromatic carbocycles. The minimum Gasteiger partial charge on any atom is -0.410 e. The predicted molar refractivity (Wildman–Crippen MR) is 40.6 cm³/mol. The SMILES string of the molecule is COn1c(Cl)nn(C(=O)Cl)c1=O. The Morgan fingerprint density at radius 1 is 1.67 bits per heavy atom. The summed E-state index contributed by atoms with van der Waals surface area (Å²) in [5.41, 5.74) is -0.845. The maximum absolute atomic E-state index is 11.0. The molecule has 0 saturated heterocycles. The van der Waals surface area contributed by atoms with E-state index < -0.39 is 11.1 Å². The lowest BCUT2D eigenvalue weighted by Gasteiger charge is -1.93. The second kappa shape index (κ2) is 3.16. The molecule has 8 heteroatoms. The molecule has 0 atom stereocenters. The Labute approximate surface area is 76.2 Å². The molecule has 0 N–H and O–H groups in total. The number of hydrogen-bond acceptors (Lipinski definition) is 4. The van der Waals surface area contributed by atoms with E-state index in [-0.39, 0.29) is 5.28 Å². The molecule has 1 aromatic heterocycles. The van der Waals surface area contributed by atoms with E-state index in [1.165, 1.54) is 7.11 Å². The van der Waals surface area contributed by atoms with Crippen molar-refractivity contribution < 1.29 is 9.63 Å². The van der Waals surface area contributed by atoms with Crippen LogP contribution in [0, 0.1) is 0 Å². The lowest BCUT2D eigenvalue weighted by atomic mass is 11.1. The average molecular weight is 212 g/mol. The molecule has 0 saturated carbocycles. The van der Waals surface area contributed by atoms with Gasteiger partial charge in [0.15, 0.2) is 0 Å². The lowest BCUT2D eigenvalue weighted by Crippen LogP contribution is -2.29. The summed E-state index contributed by atoms with van der Waals surface area (Å²) in [6, 6.07) is 0. The van der Waals surface area contributed by atoms with E-state index >= 15 is 0 Å².